The molecule has 0 aliphatic heterocycles. The Morgan fingerprint density at radius 3 is 2.00 bits per heavy atom. The van der Waals surface area contributed by atoms with Gasteiger partial charge in [0.1, 0.15) is 0 Å². The Labute approximate surface area is 69.0 Å². The molecule has 0 aromatic carbocycles. The van der Waals surface area contributed by atoms with Gasteiger partial charge in [0.2, 0.25) is 5.91 Å². The molecule has 1 unspecified atom stereocenters. The summed E-state index contributed by atoms with van der Waals surface area (Å²) in [5.41, 5.74) is 0. The highest BCUT2D eigenvalue weighted by atomic mass is 16.2. The van der Waals surface area contributed by atoms with Crippen LogP contribution in [0.2, 0.25) is 0 Å². The summed E-state index contributed by atoms with van der Waals surface area (Å²) in [7, 11) is 7.52. The van der Waals surface area contributed by atoms with Crippen LogP contribution in [0, 0.1) is 0 Å². The highest BCUT2D eigenvalue weighted by Crippen LogP contribution is 1.99. The second-order valence-corrected chi connectivity index (χ2v) is 3.30. The molecular formula is C8H18N2O. The molecule has 11 heavy (non-hydrogen) atoms. The van der Waals surface area contributed by atoms with Crippen molar-refractivity contribution in [2.45, 2.75) is 19.4 Å². The van der Waals surface area contributed by atoms with Crippen molar-refractivity contribution in [1.82, 2.24) is 9.80 Å². The minimum atomic E-state index is 0.186. The molecule has 0 saturated heterocycles. The minimum absolute atomic E-state index is 0.186. The summed E-state index contributed by atoms with van der Waals surface area (Å²) < 4.78 is 0. The van der Waals surface area contributed by atoms with Gasteiger partial charge in [-0.25, -0.2) is 0 Å². The molecule has 66 valence electrons. The zero-order valence-electron chi connectivity index (χ0n) is 8.09. The SMILES string of the molecule is CC(CC(=O)N(C)C)N(C)C. The second-order valence-electron chi connectivity index (χ2n) is 3.30. The molecule has 0 aromatic heterocycles. The molecule has 0 saturated carbocycles. The molecule has 1 amide bonds. The van der Waals surface area contributed by atoms with Crippen molar-refractivity contribution in [2.75, 3.05) is 28.2 Å². The van der Waals surface area contributed by atoms with Gasteiger partial charge in [0, 0.05) is 26.6 Å². The normalized spacial score (nSPS) is 13.3. The quantitative estimate of drug-likeness (QED) is 0.594. The van der Waals surface area contributed by atoms with Crippen LogP contribution in [0.5, 0.6) is 0 Å². The lowest BCUT2D eigenvalue weighted by Crippen LogP contribution is -2.32. The molecule has 3 nitrogen and oxygen atoms in total. The van der Waals surface area contributed by atoms with Crippen LogP contribution in [0.25, 0.3) is 0 Å². The van der Waals surface area contributed by atoms with E-state index in [2.05, 4.69) is 0 Å². The number of carbonyl (C=O) groups is 1. The maximum absolute atomic E-state index is 11.2. The van der Waals surface area contributed by atoms with Gasteiger partial charge in [0.05, 0.1) is 0 Å². The van der Waals surface area contributed by atoms with Gasteiger partial charge in [-0.1, -0.05) is 0 Å². The molecule has 0 bridgehead atoms. The lowest BCUT2D eigenvalue weighted by Gasteiger charge is -2.20. The first-order valence-corrected chi connectivity index (χ1v) is 3.81. The van der Waals surface area contributed by atoms with Gasteiger partial charge in [0.25, 0.3) is 0 Å². The molecule has 0 aromatic rings. The number of nitrogens with zero attached hydrogens (tertiary/aromatic N) is 2. The molecule has 1 atom stereocenters. The van der Waals surface area contributed by atoms with E-state index in [0.29, 0.717) is 12.5 Å². The summed E-state index contributed by atoms with van der Waals surface area (Å²) in [4.78, 5) is 14.8. The van der Waals surface area contributed by atoms with E-state index in [9.17, 15) is 4.79 Å². The first kappa shape index (κ1) is 10.4. The zero-order valence-corrected chi connectivity index (χ0v) is 8.09. The Morgan fingerprint density at radius 2 is 1.73 bits per heavy atom. The third kappa shape index (κ3) is 3.98. The van der Waals surface area contributed by atoms with Crippen molar-refractivity contribution in [2.24, 2.45) is 0 Å². The molecule has 0 spiro atoms. The van der Waals surface area contributed by atoms with E-state index in [0.717, 1.165) is 0 Å². The molecule has 0 N–H and O–H groups in total. The Morgan fingerprint density at radius 1 is 1.27 bits per heavy atom. The van der Waals surface area contributed by atoms with Gasteiger partial charge in [-0.15, -0.1) is 0 Å². The van der Waals surface area contributed by atoms with E-state index in [1.165, 1.54) is 0 Å². The van der Waals surface area contributed by atoms with Gasteiger partial charge in [-0.3, -0.25) is 4.79 Å². The van der Waals surface area contributed by atoms with Crippen LogP contribution in [0.4, 0.5) is 0 Å². The Hall–Kier alpha value is -0.570. The van der Waals surface area contributed by atoms with Gasteiger partial charge >= 0.3 is 0 Å². The van der Waals surface area contributed by atoms with Crippen LogP contribution < -0.4 is 0 Å². The zero-order chi connectivity index (χ0) is 9.02. The predicted molar refractivity (Wildman–Crippen MR) is 46.5 cm³/mol. The lowest BCUT2D eigenvalue weighted by atomic mass is 10.2. The molecule has 0 heterocycles. The Kier molecular flexibility index (Phi) is 4.11. The average molecular weight is 158 g/mol. The van der Waals surface area contributed by atoms with Gasteiger partial charge in [-0.05, 0) is 21.0 Å². The number of rotatable bonds is 3. The fourth-order valence-corrected chi connectivity index (χ4v) is 0.618. The van der Waals surface area contributed by atoms with Gasteiger partial charge in [-0.2, -0.15) is 0 Å². The molecule has 0 radical (unpaired) electrons. The van der Waals surface area contributed by atoms with Crippen molar-refractivity contribution >= 4 is 5.91 Å². The summed E-state index contributed by atoms with van der Waals surface area (Å²) in [6.07, 6.45) is 0.597. The molecular weight excluding hydrogens is 140 g/mol. The van der Waals surface area contributed by atoms with Crippen molar-refractivity contribution < 1.29 is 4.79 Å². The second kappa shape index (κ2) is 4.34. The van der Waals surface area contributed by atoms with Crippen LogP contribution >= 0.6 is 0 Å². The smallest absolute Gasteiger partial charge is 0.223 e. The van der Waals surface area contributed by atoms with Crippen LogP contribution in [0.15, 0.2) is 0 Å². The summed E-state index contributed by atoms with van der Waals surface area (Å²) >= 11 is 0. The molecule has 0 fully saturated rings. The minimum Gasteiger partial charge on any atom is -0.349 e. The molecule has 0 rings (SSSR count). The van der Waals surface area contributed by atoms with Crippen LogP contribution in [0.1, 0.15) is 13.3 Å². The van der Waals surface area contributed by atoms with E-state index in [1.54, 1.807) is 19.0 Å². The Bertz CT molecular complexity index is 132. The summed E-state index contributed by atoms with van der Waals surface area (Å²) in [6.45, 7) is 2.04. The first-order chi connectivity index (χ1) is 4.95. The number of carbonyl (C=O) groups excluding carboxylic acids is 1. The average Bonchev–Trinajstić information content (AvgIpc) is 1.87. The van der Waals surface area contributed by atoms with Crippen molar-refractivity contribution in [3.8, 4) is 0 Å². The van der Waals surface area contributed by atoms with Crippen molar-refractivity contribution in [3.63, 3.8) is 0 Å². The first-order valence-electron chi connectivity index (χ1n) is 3.81. The highest BCUT2D eigenvalue weighted by molar-refractivity contribution is 5.76. The fraction of sp³-hybridized carbons (Fsp3) is 0.875. The fourth-order valence-electron chi connectivity index (χ4n) is 0.618. The monoisotopic (exact) mass is 158 g/mol. The third-order valence-corrected chi connectivity index (χ3v) is 1.85. The maximum atomic E-state index is 11.2. The topological polar surface area (TPSA) is 23.6 Å². The summed E-state index contributed by atoms with van der Waals surface area (Å²) in [6, 6.07) is 0.324. The summed E-state index contributed by atoms with van der Waals surface area (Å²) in [5, 5.41) is 0. The van der Waals surface area contributed by atoms with Crippen LogP contribution in [-0.2, 0) is 4.79 Å². The van der Waals surface area contributed by atoms with Crippen LogP contribution in [0.3, 0.4) is 0 Å². The van der Waals surface area contributed by atoms with E-state index in [1.807, 2.05) is 25.9 Å². The van der Waals surface area contributed by atoms with Crippen molar-refractivity contribution in [1.29, 1.82) is 0 Å². The molecule has 0 aliphatic rings. The molecule has 0 aliphatic carbocycles. The van der Waals surface area contributed by atoms with Gasteiger partial charge in [0.15, 0.2) is 0 Å². The third-order valence-electron chi connectivity index (χ3n) is 1.85. The lowest BCUT2D eigenvalue weighted by molar-refractivity contribution is -0.129. The molecule has 3 heteroatoms. The number of hydrogen-bond donors (Lipinski definition) is 0. The van der Waals surface area contributed by atoms with E-state index in [-0.39, 0.29) is 5.91 Å². The maximum Gasteiger partial charge on any atom is 0.223 e. The predicted octanol–water partition coefficient (Wildman–Crippen LogP) is 0.415. The number of hydrogen-bond acceptors (Lipinski definition) is 2. The largest absolute Gasteiger partial charge is 0.349 e. The summed E-state index contributed by atoms with van der Waals surface area (Å²) in [5.74, 6) is 0.186. The van der Waals surface area contributed by atoms with E-state index < -0.39 is 0 Å². The van der Waals surface area contributed by atoms with E-state index >= 15 is 0 Å². The standard InChI is InChI=1S/C8H18N2O/c1-7(9(2)3)6-8(11)10(4)5/h7H,6H2,1-5H3. The number of amides is 1. The van der Waals surface area contributed by atoms with Crippen LogP contribution in [-0.4, -0.2) is 49.9 Å². The van der Waals surface area contributed by atoms with Crippen molar-refractivity contribution in [3.05, 3.63) is 0 Å². The van der Waals surface area contributed by atoms with E-state index in [4.69, 9.17) is 0 Å². The Balaban J connectivity index is 3.76. The van der Waals surface area contributed by atoms with Gasteiger partial charge < -0.3 is 9.80 Å². The highest BCUT2D eigenvalue weighted by Gasteiger charge is 2.11.